The maximum atomic E-state index is 4.55. The average molecular weight is 289 g/mol. The highest BCUT2D eigenvalue weighted by molar-refractivity contribution is 5.38. The van der Waals surface area contributed by atoms with Gasteiger partial charge >= 0.3 is 0 Å². The van der Waals surface area contributed by atoms with Crippen LogP contribution in [0.1, 0.15) is 31.4 Å². The summed E-state index contributed by atoms with van der Waals surface area (Å²) in [6.07, 6.45) is 5.53. The summed E-state index contributed by atoms with van der Waals surface area (Å²) >= 11 is 0. The Kier molecular flexibility index (Phi) is 3.63. The van der Waals surface area contributed by atoms with Gasteiger partial charge in [-0.1, -0.05) is 0 Å². The molecule has 5 heteroatoms. The van der Waals surface area contributed by atoms with E-state index in [0.717, 1.165) is 37.4 Å². The summed E-state index contributed by atoms with van der Waals surface area (Å²) in [6, 6.07) is 3.80. The number of rotatable bonds is 4. The first kappa shape index (κ1) is 13.6. The summed E-state index contributed by atoms with van der Waals surface area (Å²) in [7, 11) is 0. The van der Waals surface area contributed by atoms with Gasteiger partial charge < -0.3 is 15.5 Å². The lowest BCUT2D eigenvalue weighted by atomic mass is 10.0. The van der Waals surface area contributed by atoms with Crippen molar-refractivity contribution in [3.8, 4) is 0 Å². The van der Waals surface area contributed by atoms with E-state index in [-0.39, 0.29) is 0 Å². The number of hydrogen-bond acceptors (Lipinski definition) is 4. The summed E-state index contributed by atoms with van der Waals surface area (Å²) in [5.74, 6) is 1.83. The smallest absolute Gasteiger partial charge is 0.124 e. The molecule has 1 saturated carbocycles. The molecule has 1 saturated heterocycles. The second-order valence-corrected chi connectivity index (χ2v) is 7.05. The number of nitrogens with zero attached hydrogens (tertiary/aromatic N) is 3. The molecule has 1 aromatic rings. The fourth-order valence-corrected chi connectivity index (χ4v) is 3.76. The molecule has 5 nitrogen and oxygen atoms in total. The van der Waals surface area contributed by atoms with Gasteiger partial charge in [0.2, 0.25) is 0 Å². The Morgan fingerprint density at radius 3 is 2.86 bits per heavy atom. The molecule has 2 N–H and O–H groups in total. The van der Waals surface area contributed by atoms with Gasteiger partial charge in [0.15, 0.2) is 0 Å². The Labute approximate surface area is 127 Å². The van der Waals surface area contributed by atoms with Gasteiger partial charge in [0, 0.05) is 43.7 Å². The first-order chi connectivity index (χ1) is 10.3. The summed E-state index contributed by atoms with van der Waals surface area (Å²) in [5.41, 5.74) is 1.11. The van der Waals surface area contributed by atoms with E-state index in [2.05, 4.69) is 38.3 Å². The van der Waals surface area contributed by atoms with E-state index in [0.29, 0.717) is 5.92 Å². The van der Waals surface area contributed by atoms with Gasteiger partial charge in [-0.3, -0.25) is 0 Å². The maximum Gasteiger partial charge on any atom is 0.124 e. The monoisotopic (exact) mass is 289 g/mol. The largest absolute Gasteiger partial charge is 0.370 e. The van der Waals surface area contributed by atoms with Crippen molar-refractivity contribution in [2.24, 2.45) is 5.92 Å². The zero-order chi connectivity index (χ0) is 14.2. The molecule has 3 aliphatic rings. The van der Waals surface area contributed by atoms with Crippen LogP contribution in [-0.2, 0) is 6.54 Å². The molecule has 0 radical (unpaired) electrons. The normalized spacial score (nSPS) is 27.4. The minimum Gasteiger partial charge on any atom is -0.370 e. The van der Waals surface area contributed by atoms with Crippen LogP contribution in [0, 0.1) is 12.8 Å². The van der Waals surface area contributed by atoms with Crippen LogP contribution in [-0.4, -0.2) is 52.9 Å². The number of aromatic nitrogens is 2. The van der Waals surface area contributed by atoms with Crippen molar-refractivity contribution in [3.63, 3.8) is 0 Å². The van der Waals surface area contributed by atoms with E-state index in [1.54, 1.807) is 0 Å². The molecule has 2 fully saturated rings. The highest BCUT2D eigenvalue weighted by Crippen LogP contribution is 2.29. The lowest BCUT2D eigenvalue weighted by Crippen LogP contribution is -2.46. The van der Waals surface area contributed by atoms with E-state index in [1.165, 1.54) is 44.6 Å². The first-order valence-corrected chi connectivity index (χ1v) is 8.53. The van der Waals surface area contributed by atoms with Gasteiger partial charge in [-0.05, 0) is 45.7 Å². The number of anilines is 1. The molecule has 0 spiro atoms. The number of likely N-dealkylation sites (tertiary alicyclic amines) is 1. The second kappa shape index (κ2) is 5.61. The quantitative estimate of drug-likeness (QED) is 0.881. The fraction of sp³-hybridized carbons (Fsp3) is 0.812. The fourth-order valence-electron chi connectivity index (χ4n) is 3.76. The highest BCUT2D eigenvalue weighted by atomic mass is 15.3. The predicted molar refractivity (Wildman–Crippen MR) is 84.6 cm³/mol. The lowest BCUT2D eigenvalue weighted by molar-refractivity contribution is 0.185. The number of fused-ring (bicyclic) bond motifs is 1. The van der Waals surface area contributed by atoms with Gasteiger partial charge in [-0.25, -0.2) is 4.68 Å². The number of nitrogens with one attached hydrogen (secondary N) is 2. The van der Waals surface area contributed by atoms with Gasteiger partial charge in [0.05, 0.1) is 5.69 Å². The molecule has 1 aromatic heterocycles. The van der Waals surface area contributed by atoms with Gasteiger partial charge in [0.25, 0.3) is 0 Å². The molecule has 4 rings (SSSR count). The van der Waals surface area contributed by atoms with Crippen LogP contribution in [0.15, 0.2) is 6.07 Å². The Hall–Kier alpha value is -1.07. The Morgan fingerprint density at radius 1 is 1.29 bits per heavy atom. The second-order valence-electron chi connectivity index (χ2n) is 7.05. The first-order valence-electron chi connectivity index (χ1n) is 8.53. The Morgan fingerprint density at radius 2 is 2.10 bits per heavy atom. The molecule has 1 aliphatic carbocycles. The third kappa shape index (κ3) is 3.09. The summed E-state index contributed by atoms with van der Waals surface area (Å²) in [6.45, 7) is 7.89. The molecule has 2 aliphatic heterocycles. The summed E-state index contributed by atoms with van der Waals surface area (Å²) in [5, 5.41) is 11.9. The zero-order valence-electron chi connectivity index (χ0n) is 13.0. The zero-order valence-corrected chi connectivity index (χ0v) is 13.0. The standard InChI is InChI=1S/C16H27N5/c1-12-8-16-18-10-13(11-21(16)19-12)9-17-14-4-6-20(7-5-14)15-2-3-15/h8,13-15,17-18H,2-7,9-11H2,1H3/t13-/m1/s1. The van der Waals surface area contributed by atoms with Crippen LogP contribution in [0.25, 0.3) is 0 Å². The third-order valence-electron chi connectivity index (χ3n) is 5.19. The van der Waals surface area contributed by atoms with Crippen molar-refractivity contribution in [2.75, 3.05) is 31.5 Å². The lowest BCUT2D eigenvalue weighted by Gasteiger charge is -2.34. The van der Waals surface area contributed by atoms with Gasteiger partial charge in [0.1, 0.15) is 5.82 Å². The van der Waals surface area contributed by atoms with Crippen LogP contribution < -0.4 is 10.6 Å². The van der Waals surface area contributed by atoms with Crippen LogP contribution in [0.4, 0.5) is 5.82 Å². The topological polar surface area (TPSA) is 45.1 Å². The molecule has 0 unspecified atom stereocenters. The van der Waals surface area contributed by atoms with E-state index in [9.17, 15) is 0 Å². The van der Waals surface area contributed by atoms with Crippen LogP contribution in [0.3, 0.4) is 0 Å². The Balaban J connectivity index is 1.23. The van der Waals surface area contributed by atoms with E-state index in [1.807, 2.05) is 0 Å². The molecule has 0 bridgehead atoms. The maximum absolute atomic E-state index is 4.55. The number of aryl methyl sites for hydroxylation is 1. The van der Waals surface area contributed by atoms with E-state index < -0.39 is 0 Å². The Bertz CT molecular complexity index is 485. The van der Waals surface area contributed by atoms with Crippen molar-refractivity contribution in [2.45, 2.75) is 51.2 Å². The number of hydrogen-bond donors (Lipinski definition) is 2. The third-order valence-corrected chi connectivity index (χ3v) is 5.19. The van der Waals surface area contributed by atoms with Gasteiger partial charge in [-0.2, -0.15) is 5.10 Å². The summed E-state index contributed by atoms with van der Waals surface area (Å²) < 4.78 is 2.13. The van der Waals surface area contributed by atoms with Crippen molar-refractivity contribution in [3.05, 3.63) is 11.8 Å². The minimum absolute atomic E-state index is 0.651. The SMILES string of the molecule is Cc1cc2n(n1)C[C@H](CNC1CCN(C3CC3)CC1)CN2. The molecule has 0 aromatic carbocycles. The predicted octanol–water partition coefficient (Wildman–Crippen LogP) is 1.45. The van der Waals surface area contributed by atoms with Crippen LogP contribution in [0.5, 0.6) is 0 Å². The van der Waals surface area contributed by atoms with Crippen LogP contribution in [0.2, 0.25) is 0 Å². The molecule has 1 atom stereocenters. The summed E-state index contributed by atoms with van der Waals surface area (Å²) in [4.78, 5) is 2.69. The number of piperidine rings is 1. The minimum atomic E-state index is 0.651. The van der Waals surface area contributed by atoms with Gasteiger partial charge in [-0.15, -0.1) is 0 Å². The molecule has 116 valence electrons. The molecular weight excluding hydrogens is 262 g/mol. The highest BCUT2D eigenvalue weighted by Gasteiger charge is 2.31. The molecule has 3 heterocycles. The molecule has 21 heavy (non-hydrogen) atoms. The van der Waals surface area contributed by atoms with Crippen molar-refractivity contribution >= 4 is 5.82 Å². The van der Waals surface area contributed by atoms with Crippen molar-refractivity contribution in [1.29, 1.82) is 0 Å². The van der Waals surface area contributed by atoms with Crippen LogP contribution >= 0.6 is 0 Å². The van der Waals surface area contributed by atoms with Crippen molar-refractivity contribution < 1.29 is 0 Å². The molecule has 0 amide bonds. The van der Waals surface area contributed by atoms with E-state index in [4.69, 9.17) is 0 Å². The van der Waals surface area contributed by atoms with Crippen molar-refractivity contribution in [1.82, 2.24) is 20.0 Å². The average Bonchev–Trinajstić information content (AvgIpc) is 3.27. The molecular formula is C16H27N5. The van der Waals surface area contributed by atoms with E-state index >= 15 is 0 Å².